The fourth-order valence-electron chi connectivity index (χ4n) is 4.99. The van der Waals surface area contributed by atoms with Crippen LogP contribution in [0.2, 0.25) is 0 Å². The fourth-order valence-corrected chi connectivity index (χ4v) is 4.99. The summed E-state index contributed by atoms with van der Waals surface area (Å²) < 4.78 is 22.2. The molecule has 0 aromatic heterocycles. The second kappa shape index (κ2) is 6.49. The highest BCUT2D eigenvalue weighted by Gasteiger charge is 2.67. The first-order chi connectivity index (χ1) is 15.1. The standard InChI is InChI=1S/C23H20N2O6/c1-28-15-4-2-3-14(10-15)25-11-23-8-7-17(31-23)19(20(23)22(25)27)21(26)24-13-5-6-16-18(9-13)30-12-29-16/h2-10,17,19-20H,11-12H2,1H3,(H,24,26)/t17-,19?,20?,23+/m1/s1. The third-order valence-corrected chi connectivity index (χ3v) is 6.41. The molecule has 2 fully saturated rings. The minimum Gasteiger partial charge on any atom is -0.497 e. The molecule has 2 bridgehead atoms. The van der Waals surface area contributed by atoms with Gasteiger partial charge in [0.1, 0.15) is 11.4 Å². The topological polar surface area (TPSA) is 86.3 Å². The number of methoxy groups -OCH3 is 1. The van der Waals surface area contributed by atoms with Crippen LogP contribution < -0.4 is 24.4 Å². The number of nitrogens with zero attached hydrogens (tertiary/aromatic N) is 1. The van der Waals surface area contributed by atoms with E-state index < -0.39 is 23.5 Å². The number of hydrogen-bond acceptors (Lipinski definition) is 6. The Morgan fingerprint density at radius 1 is 1.19 bits per heavy atom. The van der Waals surface area contributed by atoms with Crippen molar-refractivity contribution in [3.8, 4) is 17.2 Å². The zero-order valence-corrected chi connectivity index (χ0v) is 16.7. The first kappa shape index (κ1) is 18.3. The van der Waals surface area contributed by atoms with Crippen LogP contribution in [0.4, 0.5) is 11.4 Å². The number of ether oxygens (including phenoxy) is 4. The molecular weight excluding hydrogens is 400 g/mol. The van der Waals surface area contributed by atoms with Crippen LogP contribution in [0.5, 0.6) is 17.2 Å². The largest absolute Gasteiger partial charge is 0.497 e. The molecule has 2 saturated heterocycles. The Hall–Kier alpha value is -3.52. The number of fused-ring (bicyclic) bond motifs is 2. The molecule has 8 heteroatoms. The lowest BCUT2D eigenvalue weighted by molar-refractivity contribution is -0.128. The van der Waals surface area contributed by atoms with Crippen LogP contribution in [0.15, 0.2) is 54.6 Å². The van der Waals surface area contributed by atoms with Crippen molar-refractivity contribution < 1.29 is 28.5 Å². The Labute approximate surface area is 178 Å². The number of carbonyl (C=O) groups excluding carboxylic acids is 2. The summed E-state index contributed by atoms with van der Waals surface area (Å²) in [6, 6.07) is 12.6. The maximum absolute atomic E-state index is 13.4. The average Bonchev–Trinajstić information content (AvgIpc) is 3.54. The van der Waals surface area contributed by atoms with Gasteiger partial charge in [-0.05, 0) is 24.3 Å². The van der Waals surface area contributed by atoms with Gasteiger partial charge in [-0.15, -0.1) is 0 Å². The molecule has 2 unspecified atom stereocenters. The molecule has 31 heavy (non-hydrogen) atoms. The Morgan fingerprint density at radius 2 is 2.06 bits per heavy atom. The number of amides is 2. The number of hydrogen-bond donors (Lipinski definition) is 1. The highest BCUT2D eigenvalue weighted by molar-refractivity contribution is 6.05. The minimum atomic E-state index is -0.790. The SMILES string of the molecule is COc1cccc(N2C[C@]34C=C[C@@H](O3)C(C(=O)Nc3ccc5c(c3)OCO5)C4C2=O)c1. The van der Waals surface area contributed by atoms with Gasteiger partial charge < -0.3 is 29.2 Å². The third-order valence-electron chi connectivity index (χ3n) is 6.41. The molecule has 2 aromatic carbocycles. The molecule has 4 aliphatic rings. The molecule has 4 aliphatic heterocycles. The highest BCUT2D eigenvalue weighted by Crippen LogP contribution is 2.53. The normalized spacial score (nSPS) is 29.4. The lowest BCUT2D eigenvalue weighted by atomic mass is 9.77. The van der Waals surface area contributed by atoms with E-state index in [2.05, 4.69) is 5.32 Å². The van der Waals surface area contributed by atoms with E-state index in [4.69, 9.17) is 18.9 Å². The quantitative estimate of drug-likeness (QED) is 0.765. The van der Waals surface area contributed by atoms with Gasteiger partial charge in [-0.2, -0.15) is 0 Å². The van der Waals surface area contributed by atoms with Crippen molar-refractivity contribution in [2.24, 2.45) is 11.8 Å². The zero-order chi connectivity index (χ0) is 21.2. The predicted molar refractivity (Wildman–Crippen MR) is 110 cm³/mol. The smallest absolute Gasteiger partial charge is 0.234 e. The van der Waals surface area contributed by atoms with E-state index in [0.717, 1.165) is 5.69 Å². The van der Waals surface area contributed by atoms with Gasteiger partial charge in [-0.1, -0.05) is 18.2 Å². The van der Waals surface area contributed by atoms with Crippen molar-refractivity contribution in [2.45, 2.75) is 11.7 Å². The number of benzene rings is 2. The van der Waals surface area contributed by atoms with Crippen LogP contribution in [0, 0.1) is 11.8 Å². The van der Waals surface area contributed by atoms with Crippen LogP contribution in [-0.4, -0.2) is 44.0 Å². The van der Waals surface area contributed by atoms with Gasteiger partial charge in [0.2, 0.25) is 18.6 Å². The molecular formula is C23H20N2O6. The Kier molecular flexibility index (Phi) is 3.82. The zero-order valence-electron chi connectivity index (χ0n) is 16.7. The maximum atomic E-state index is 13.4. The van der Waals surface area contributed by atoms with Gasteiger partial charge in [0, 0.05) is 23.5 Å². The lowest BCUT2D eigenvalue weighted by Crippen LogP contribution is -2.41. The van der Waals surface area contributed by atoms with E-state index in [9.17, 15) is 9.59 Å². The Morgan fingerprint density at radius 3 is 2.94 bits per heavy atom. The summed E-state index contributed by atoms with van der Waals surface area (Å²) >= 11 is 0. The van der Waals surface area contributed by atoms with Gasteiger partial charge >= 0.3 is 0 Å². The van der Waals surface area contributed by atoms with Crippen molar-refractivity contribution in [3.63, 3.8) is 0 Å². The molecule has 2 aromatic rings. The molecule has 0 saturated carbocycles. The van der Waals surface area contributed by atoms with E-state index in [1.807, 2.05) is 36.4 Å². The van der Waals surface area contributed by atoms with E-state index in [1.54, 1.807) is 30.2 Å². The number of nitrogens with one attached hydrogen (secondary N) is 1. The second-order valence-corrected chi connectivity index (χ2v) is 8.08. The fraction of sp³-hybridized carbons (Fsp3) is 0.304. The van der Waals surface area contributed by atoms with Gasteiger partial charge in [0.15, 0.2) is 11.5 Å². The number of carbonyl (C=O) groups is 2. The molecule has 158 valence electrons. The van der Waals surface area contributed by atoms with Gasteiger partial charge in [0.05, 0.1) is 31.6 Å². The summed E-state index contributed by atoms with van der Waals surface area (Å²) in [6.45, 7) is 0.528. The molecule has 0 radical (unpaired) electrons. The van der Waals surface area contributed by atoms with E-state index in [1.165, 1.54) is 0 Å². The minimum absolute atomic E-state index is 0.120. The van der Waals surface area contributed by atoms with E-state index in [0.29, 0.717) is 29.5 Å². The van der Waals surface area contributed by atoms with Crippen molar-refractivity contribution >= 4 is 23.2 Å². The van der Waals surface area contributed by atoms with Crippen LogP contribution in [0.1, 0.15) is 0 Å². The molecule has 4 heterocycles. The van der Waals surface area contributed by atoms with Crippen LogP contribution in [0.25, 0.3) is 0 Å². The molecule has 8 nitrogen and oxygen atoms in total. The Balaban J connectivity index is 1.28. The van der Waals surface area contributed by atoms with Crippen LogP contribution in [0.3, 0.4) is 0 Å². The summed E-state index contributed by atoms with van der Waals surface area (Å²) in [6.07, 6.45) is 3.41. The Bertz CT molecular complexity index is 1130. The average molecular weight is 420 g/mol. The van der Waals surface area contributed by atoms with Gasteiger partial charge in [0.25, 0.3) is 0 Å². The number of anilines is 2. The predicted octanol–water partition coefficient (Wildman–Crippen LogP) is 2.35. The summed E-state index contributed by atoms with van der Waals surface area (Å²) in [7, 11) is 1.59. The highest BCUT2D eigenvalue weighted by atomic mass is 16.7. The van der Waals surface area contributed by atoms with Crippen molar-refractivity contribution in [3.05, 3.63) is 54.6 Å². The third kappa shape index (κ3) is 2.64. The van der Waals surface area contributed by atoms with Gasteiger partial charge in [-0.25, -0.2) is 0 Å². The van der Waals surface area contributed by atoms with Crippen molar-refractivity contribution in [1.82, 2.24) is 0 Å². The van der Waals surface area contributed by atoms with E-state index in [-0.39, 0.29) is 18.6 Å². The molecule has 6 rings (SSSR count). The maximum Gasteiger partial charge on any atom is 0.234 e. The lowest BCUT2D eigenvalue weighted by Gasteiger charge is -2.23. The summed E-state index contributed by atoms with van der Waals surface area (Å²) in [5.74, 6) is 0.327. The van der Waals surface area contributed by atoms with E-state index >= 15 is 0 Å². The molecule has 1 N–H and O–H groups in total. The van der Waals surface area contributed by atoms with Crippen LogP contribution in [-0.2, 0) is 14.3 Å². The summed E-state index contributed by atoms with van der Waals surface area (Å²) in [4.78, 5) is 28.4. The van der Waals surface area contributed by atoms with Crippen molar-refractivity contribution in [2.75, 3.05) is 30.7 Å². The first-order valence-corrected chi connectivity index (χ1v) is 10.1. The monoisotopic (exact) mass is 420 g/mol. The molecule has 1 spiro atoms. The number of rotatable bonds is 4. The van der Waals surface area contributed by atoms with Crippen LogP contribution >= 0.6 is 0 Å². The molecule has 0 aliphatic carbocycles. The van der Waals surface area contributed by atoms with Crippen molar-refractivity contribution in [1.29, 1.82) is 0 Å². The first-order valence-electron chi connectivity index (χ1n) is 10.1. The summed E-state index contributed by atoms with van der Waals surface area (Å²) in [5, 5.41) is 2.92. The van der Waals surface area contributed by atoms with Gasteiger partial charge in [-0.3, -0.25) is 9.59 Å². The molecule has 4 atom stereocenters. The molecule has 2 amide bonds. The summed E-state index contributed by atoms with van der Waals surface area (Å²) in [5.41, 5.74) is 0.524. The second-order valence-electron chi connectivity index (χ2n) is 8.08.